The van der Waals surface area contributed by atoms with Gasteiger partial charge in [-0.15, -0.1) is 0 Å². The fourth-order valence-electron chi connectivity index (χ4n) is 2.85. The number of hydrogen-bond acceptors (Lipinski definition) is 3. The van der Waals surface area contributed by atoms with E-state index in [0.29, 0.717) is 0 Å². The van der Waals surface area contributed by atoms with Crippen molar-refractivity contribution < 1.29 is 9.53 Å². The second-order valence-corrected chi connectivity index (χ2v) is 5.98. The molecule has 1 aromatic rings. The number of nitrogens with one attached hydrogen (secondary N) is 1. The molecule has 0 aliphatic carbocycles. The number of methoxy groups -OCH3 is 1. The highest BCUT2D eigenvalue weighted by molar-refractivity contribution is 5.74. The molecule has 1 N–H and O–H groups in total. The summed E-state index contributed by atoms with van der Waals surface area (Å²) in [5, 5.41) is 2.99. The van der Waals surface area contributed by atoms with Crippen LogP contribution in [0.15, 0.2) is 24.3 Å². The van der Waals surface area contributed by atoms with Gasteiger partial charge in [0.25, 0.3) is 0 Å². The molecule has 5 heteroatoms. The average molecular weight is 319 g/mol. The van der Waals surface area contributed by atoms with Crippen molar-refractivity contribution in [2.45, 2.75) is 26.2 Å². The van der Waals surface area contributed by atoms with Gasteiger partial charge >= 0.3 is 6.03 Å². The molecule has 0 radical (unpaired) electrons. The number of urea groups is 1. The van der Waals surface area contributed by atoms with Crippen LogP contribution in [0.25, 0.3) is 0 Å². The second kappa shape index (κ2) is 9.40. The Kier molecular flexibility index (Phi) is 7.20. The Labute approximate surface area is 139 Å². The zero-order valence-electron chi connectivity index (χ0n) is 14.4. The molecule has 0 unspecified atom stereocenters. The molecule has 128 valence electrons. The molecule has 5 nitrogen and oxygen atoms in total. The van der Waals surface area contributed by atoms with Crippen LogP contribution in [0.4, 0.5) is 4.79 Å². The van der Waals surface area contributed by atoms with Gasteiger partial charge in [0, 0.05) is 39.3 Å². The topological polar surface area (TPSA) is 44.8 Å². The van der Waals surface area contributed by atoms with E-state index in [4.69, 9.17) is 4.74 Å². The molecular weight excluding hydrogens is 290 g/mol. The quantitative estimate of drug-likeness (QED) is 0.785. The van der Waals surface area contributed by atoms with Crippen molar-refractivity contribution in [1.82, 2.24) is 15.1 Å². The number of amides is 2. The Morgan fingerprint density at radius 3 is 2.65 bits per heavy atom. The van der Waals surface area contributed by atoms with Gasteiger partial charge < -0.3 is 15.0 Å². The van der Waals surface area contributed by atoms with E-state index in [1.807, 2.05) is 17.0 Å². The lowest BCUT2D eigenvalue weighted by Gasteiger charge is -2.34. The number of rotatable bonds is 7. The zero-order chi connectivity index (χ0) is 16.5. The second-order valence-electron chi connectivity index (χ2n) is 5.98. The minimum absolute atomic E-state index is 0.0860. The number of piperazine rings is 1. The van der Waals surface area contributed by atoms with Crippen LogP contribution in [-0.4, -0.2) is 62.2 Å². The van der Waals surface area contributed by atoms with Crippen molar-refractivity contribution >= 4 is 6.03 Å². The number of para-hydroxylation sites is 1. The van der Waals surface area contributed by atoms with Gasteiger partial charge in [-0.1, -0.05) is 31.5 Å². The first-order chi connectivity index (χ1) is 11.2. The zero-order valence-corrected chi connectivity index (χ0v) is 14.4. The molecule has 1 heterocycles. The molecule has 0 saturated carbocycles. The fraction of sp³-hybridized carbons (Fsp3) is 0.611. The third-order valence-corrected chi connectivity index (χ3v) is 4.36. The van der Waals surface area contributed by atoms with E-state index in [-0.39, 0.29) is 6.03 Å². The molecule has 0 bridgehead atoms. The van der Waals surface area contributed by atoms with Crippen molar-refractivity contribution in [3.05, 3.63) is 29.8 Å². The van der Waals surface area contributed by atoms with Crippen LogP contribution in [0.1, 0.15) is 25.3 Å². The number of carbonyl (C=O) groups is 1. The van der Waals surface area contributed by atoms with Crippen LogP contribution in [0.5, 0.6) is 5.75 Å². The third-order valence-electron chi connectivity index (χ3n) is 4.36. The molecule has 2 amide bonds. The molecule has 1 aliphatic rings. The maximum Gasteiger partial charge on any atom is 0.317 e. The monoisotopic (exact) mass is 319 g/mol. The summed E-state index contributed by atoms with van der Waals surface area (Å²) in [6, 6.07) is 8.27. The first-order valence-electron chi connectivity index (χ1n) is 8.61. The lowest BCUT2D eigenvalue weighted by molar-refractivity contribution is 0.140. The summed E-state index contributed by atoms with van der Waals surface area (Å²) in [4.78, 5) is 16.4. The Hall–Kier alpha value is -1.75. The minimum atomic E-state index is 0.0860. The standard InChI is InChI=1S/C18H29N3O2/c1-3-4-10-19-18(22)21-14-12-20(13-15-21)11-9-16-7-5-6-8-17(16)23-2/h5-8H,3-4,9-15H2,1-2H3,(H,19,22). The van der Waals surface area contributed by atoms with Gasteiger partial charge in [0.1, 0.15) is 5.75 Å². The highest BCUT2D eigenvalue weighted by Gasteiger charge is 2.20. The molecule has 23 heavy (non-hydrogen) atoms. The number of hydrogen-bond donors (Lipinski definition) is 1. The van der Waals surface area contributed by atoms with Gasteiger partial charge in [0.05, 0.1) is 7.11 Å². The molecular formula is C18H29N3O2. The largest absolute Gasteiger partial charge is 0.496 e. The number of carbonyl (C=O) groups excluding carboxylic acids is 1. The summed E-state index contributed by atoms with van der Waals surface area (Å²) in [5.41, 5.74) is 1.25. The Morgan fingerprint density at radius 1 is 1.22 bits per heavy atom. The van der Waals surface area contributed by atoms with E-state index >= 15 is 0 Å². The summed E-state index contributed by atoms with van der Waals surface area (Å²) in [6.07, 6.45) is 3.13. The normalized spacial score (nSPS) is 15.5. The van der Waals surface area contributed by atoms with Gasteiger partial charge in [-0.2, -0.15) is 0 Å². The number of nitrogens with zero attached hydrogens (tertiary/aromatic N) is 2. The number of ether oxygens (including phenoxy) is 1. The summed E-state index contributed by atoms with van der Waals surface area (Å²) in [5.74, 6) is 0.960. The maximum atomic E-state index is 12.0. The summed E-state index contributed by atoms with van der Waals surface area (Å²) in [7, 11) is 1.72. The van der Waals surface area contributed by atoms with Gasteiger partial charge in [-0.3, -0.25) is 4.90 Å². The highest BCUT2D eigenvalue weighted by atomic mass is 16.5. The van der Waals surface area contributed by atoms with Crippen LogP contribution in [0.3, 0.4) is 0 Å². The van der Waals surface area contributed by atoms with Crippen LogP contribution < -0.4 is 10.1 Å². The van der Waals surface area contributed by atoms with Crippen LogP contribution in [0, 0.1) is 0 Å². The Bertz CT molecular complexity index is 485. The van der Waals surface area contributed by atoms with Crippen LogP contribution in [0.2, 0.25) is 0 Å². The summed E-state index contributed by atoms with van der Waals surface area (Å²) in [6.45, 7) is 7.42. The molecule has 0 spiro atoms. The molecule has 2 rings (SSSR count). The van der Waals surface area contributed by atoms with Crippen LogP contribution in [-0.2, 0) is 6.42 Å². The molecule has 1 fully saturated rings. The van der Waals surface area contributed by atoms with Crippen molar-refractivity contribution in [3.63, 3.8) is 0 Å². The van der Waals surface area contributed by atoms with E-state index in [1.54, 1.807) is 7.11 Å². The van der Waals surface area contributed by atoms with Crippen molar-refractivity contribution in [2.24, 2.45) is 0 Å². The van der Waals surface area contributed by atoms with Gasteiger partial charge in [0.15, 0.2) is 0 Å². The number of benzene rings is 1. The minimum Gasteiger partial charge on any atom is -0.496 e. The van der Waals surface area contributed by atoms with E-state index in [2.05, 4.69) is 29.3 Å². The predicted octanol–water partition coefficient (Wildman–Crippen LogP) is 2.37. The van der Waals surface area contributed by atoms with Crippen molar-refractivity contribution in [1.29, 1.82) is 0 Å². The molecule has 0 atom stereocenters. The lowest BCUT2D eigenvalue weighted by atomic mass is 10.1. The van der Waals surface area contributed by atoms with E-state index < -0.39 is 0 Å². The van der Waals surface area contributed by atoms with E-state index in [9.17, 15) is 4.79 Å². The SMILES string of the molecule is CCCCNC(=O)N1CCN(CCc2ccccc2OC)CC1. The third kappa shape index (κ3) is 5.43. The fourth-order valence-corrected chi connectivity index (χ4v) is 2.85. The van der Waals surface area contributed by atoms with Crippen molar-refractivity contribution in [2.75, 3.05) is 46.4 Å². The van der Waals surface area contributed by atoms with Crippen molar-refractivity contribution in [3.8, 4) is 5.75 Å². The molecule has 0 aromatic heterocycles. The average Bonchev–Trinajstić information content (AvgIpc) is 2.60. The first-order valence-corrected chi connectivity index (χ1v) is 8.61. The molecule has 1 aromatic carbocycles. The van der Waals surface area contributed by atoms with Gasteiger partial charge in [0.2, 0.25) is 0 Å². The lowest BCUT2D eigenvalue weighted by Crippen LogP contribution is -2.52. The highest BCUT2D eigenvalue weighted by Crippen LogP contribution is 2.18. The van der Waals surface area contributed by atoms with E-state index in [1.165, 1.54) is 5.56 Å². The Morgan fingerprint density at radius 2 is 1.96 bits per heavy atom. The smallest absolute Gasteiger partial charge is 0.317 e. The Balaban J connectivity index is 1.71. The predicted molar refractivity (Wildman–Crippen MR) is 93.0 cm³/mol. The van der Waals surface area contributed by atoms with Crippen LogP contribution >= 0.6 is 0 Å². The first kappa shape index (κ1) is 17.6. The number of unbranched alkanes of at least 4 members (excludes halogenated alkanes) is 1. The molecule has 1 saturated heterocycles. The summed E-state index contributed by atoms with van der Waals surface area (Å²) >= 11 is 0. The van der Waals surface area contributed by atoms with Gasteiger partial charge in [-0.25, -0.2) is 4.79 Å². The maximum absolute atomic E-state index is 12.0. The summed E-state index contributed by atoms with van der Waals surface area (Å²) < 4.78 is 5.40. The van der Waals surface area contributed by atoms with Gasteiger partial charge in [-0.05, 0) is 24.5 Å². The molecule has 1 aliphatic heterocycles. The van der Waals surface area contributed by atoms with E-state index in [0.717, 1.165) is 64.3 Å².